The van der Waals surface area contributed by atoms with E-state index in [0.717, 1.165) is 17.6 Å². The predicted octanol–water partition coefficient (Wildman–Crippen LogP) is 4.81. The molecule has 0 aromatic carbocycles. The second-order valence-electron chi connectivity index (χ2n) is 5.28. The molecule has 1 aliphatic rings. The van der Waals surface area contributed by atoms with Gasteiger partial charge in [-0.15, -0.1) is 0 Å². The summed E-state index contributed by atoms with van der Waals surface area (Å²) in [4.78, 5) is 0. The molecule has 15 heavy (non-hydrogen) atoms. The minimum absolute atomic E-state index is 0.346. The Balaban J connectivity index is 3.11. The lowest BCUT2D eigenvalue weighted by molar-refractivity contribution is 0.427. The maximum atomic E-state index is 4.04. The molecule has 0 heteroatoms. The summed E-state index contributed by atoms with van der Waals surface area (Å²) >= 11 is 0. The van der Waals surface area contributed by atoms with Gasteiger partial charge in [-0.3, -0.25) is 0 Å². The van der Waals surface area contributed by atoms with Crippen molar-refractivity contribution in [2.24, 2.45) is 5.41 Å². The van der Waals surface area contributed by atoms with Gasteiger partial charge in [-0.1, -0.05) is 50.3 Å². The van der Waals surface area contributed by atoms with Gasteiger partial charge in [-0.05, 0) is 43.3 Å². The first-order valence-electron chi connectivity index (χ1n) is 5.57. The third-order valence-corrected chi connectivity index (χ3v) is 2.95. The zero-order valence-electron chi connectivity index (χ0n) is 10.5. The molecule has 0 fully saturated rings. The molecule has 0 saturated heterocycles. The van der Waals surface area contributed by atoms with Crippen molar-refractivity contribution in [2.45, 2.75) is 40.5 Å². The Hall–Kier alpha value is -1.04. The maximum Gasteiger partial charge on any atom is -0.0168 e. The molecular weight excluding hydrogens is 180 g/mol. The second-order valence-corrected chi connectivity index (χ2v) is 5.28. The lowest BCUT2D eigenvalue weighted by Gasteiger charge is -2.26. The molecule has 0 bridgehead atoms. The number of hydrogen-bond donors (Lipinski definition) is 0. The molecule has 0 N–H and O–H groups in total. The molecular formula is C15H22. The predicted molar refractivity (Wildman–Crippen MR) is 68.8 cm³/mol. The molecule has 0 nitrogen and oxygen atoms in total. The van der Waals surface area contributed by atoms with Crippen LogP contribution in [0.25, 0.3) is 0 Å². The molecule has 0 heterocycles. The van der Waals surface area contributed by atoms with E-state index >= 15 is 0 Å². The summed E-state index contributed by atoms with van der Waals surface area (Å²) in [6.45, 7) is 16.8. The summed E-state index contributed by atoms with van der Waals surface area (Å²) in [7, 11) is 0. The quantitative estimate of drug-likeness (QED) is 0.602. The third-order valence-electron chi connectivity index (χ3n) is 2.95. The van der Waals surface area contributed by atoms with Crippen LogP contribution in [-0.2, 0) is 0 Å². The molecule has 0 atom stereocenters. The fourth-order valence-corrected chi connectivity index (χ4v) is 2.07. The van der Waals surface area contributed by atoms with E-state index in [-0.39, 0.29) is 0 Å². The maximum absolute atomic E-state index is 4.04. The van der Waals surface area contributed by atoms with Gasteiger partial charge in [0.05, 0.1) is 0 Å². The summed E-state index contributed by atoms with van der Waals surface area (Å²) in [5, 5.41) is 0. The molecule has 0 saturated carbocycles. The van der Waals surface area contributed by atoms with Crippen LogP contribution < -0.4 is 0 Å². The monoisotopic (exact) mass is 202 g/mol. The van der Waals surface area contributed by atoms with Gasteiger partial charge in [0, 0.05) is 0 Å². The summed E-state index contributed by atoms with van der Waals surface area (Å²) in [5.41, 5.74) is 5.26. The summed E-state index contributed by atoms with van der Waals surface area (Å²) in [6.07, 6.45) is 6.90. The van der Waals surface area contributed by atoms with Gasteiger partial charge in [-0.25, -0.2) is 0 Å². The number of hydrogen-bond acceptors (Lipinski definition) is 0. The average Bonchev–Trinajstić information content (AvgIpc) is 2.07. The number of allylic oxidation sites excluding steroid dienone is 6. The van der Waals surface area contributed by atoms with Gasteiger partial charge in [0.25, 0.3) is 0 Å². The van der Waals surface area contributed by atoms with Crippen molar-refractivity contribution in [2.75, 3.05) is 0 Å². The fourth-order valence-electron chi connectivity index (χ4n) is 2.07. The zero-order valence-corrected chi connectivity index (χ0v) is 10.5. The third kappa shape index (κ3) is 2.95. The van der Waals surface area contributed by atoms with Crippen molar-refractivity contribution in [3.63, 3.8) is 0 Å². The van der Waals surface area contributed by atoms with Crippen LogP contribution in [0.2, 0.25) is 0 Å². The van der Waals surface area contributed by atoms with Crippen molar-refractivity contribution in [1.29, 1.82) is 0 Å². The van der Waals surface area contributed by atoms with Crippen molar-refractivity contribution < 1.29 is 0 Å². The van der Waals surface area contributed by atoms with Crippen molar-refractivity contribution in [3.8, 4) is 0 Å². The molecule has 0 aromatic heterocycles. The smallest absolute Gasteiger partial charge is 0.0168 e. The normalized spacial score (nSPS) is 18.8. The van der Waals surface area contributed by atoms with Gasteiger partial charge in [0.1, 0.15) is 0 Å². The molecule has 0 amide bonds. The van der Waals surface area contributed by atoms with Crippen LogP contribution in [0.4, 0.5) is 0 Å². The Morgan fingerprint density at radius 3 is 2.07 bits per heavy atom. The highest BCUT2D eigenvalue weighted by Gasteiger charge is 2.20. The van der Waals surface area contributed by atoms with Gasteiger partial charge >= 0.3 is 0 Å². The molecule has 0 radical (unpaired) electrons. The average molecular weight is 202 g/mol. The van der Waals surface area contributed by atoms with E-state index in [1.165, 1.54) is 17.6 Å². The molecule has 1 rings (SSSR count). The lowest BCUT2D eigenvalue weighted by Crippen LogP contribution is -2.12. The summed E-state index contributed by atoms with van der Waals surface area (Å²) in [5.74, 6) is 0. The minimum atomic E-state index is 0.346. The Bertz CT molecular complexity index is 332. The van der Waals surface area contributed by atoms with E-state index in [0.29, 0.717) is 5.41 Å². The summed E-state index contributed by atoms with van der Waals surface area (Å²) in [6, 6.07) is 0. The second kappa shape index (κ2) is 4.22. The molecule has 82 valence electrons. The van der Waals surface area contributed by atoms with E-state index in [4.69, 9.17) is 0 Å². The standard InChI is InChI=1S/C15H22/c1-11(2)14(12(3)4)13-7-9-15(5,6)10-8-13/h7,9H,1,3,8,10H2,2,4-6H3. The largest absolute Gasteiger partial charge is 0.0955 e. The van der Waals surface area contributed by atoms with Crippen LogP contribution in [0.15, 0.2) is 47.6 Å². The van der Waals surface area contributed by atoms with Crippen LogP contribution in [0, 0.1) is 5.41 Å². The van der Waals surface area contributed by atoms with Gasteiger partial charge in [-0.2, -0.15) is 0 Å². The van der Waals surface area contributed by atoms with Crippen LogP contribution in [0.3, 0.4) is 0 Å². The Kier molecular flexibility index (Phi) is 3.38. The first kappa shape index (κ1) is 12.0. The summed E-state index contributed by atoms with van der Waals surface area (Å²) < 4.78 is 0. The Morgan fingerprint density at radius 2 is 1.73 bits per heavy atom. The molecule has 1 aliphatic carbocycles. The lowest BCUT2D eigenvalue weighted by atomic mass is 9.79. The van der Waals surface area contributed by atoms with E-state index in [9.17, 15) is 0 Å². The highest BCUT2D eigenvalue weighted by atomic mass is 14.2. The van der Waals surface area contributed by atoms with E-state index in [1.807, 2.05) is 0 Å². The SMILES string of the molecule is C=C(C)C(C(=C)C)=C1C=CC(C)(C)CC1. The fraction of sp³-hybridized carbons (Fsp3) is 0.467. The van der Waals surface area contributed by atoms with E-state index in [1.54, 1.807) is 0 Å². The van der Waals surface area contributed by atoms with Gasteiger partial charge < -0.3 is 0 Å². The van der Waals surface area contributed by atoms with Crippen LogP contribution in [-0.4, -0.2) is 0 Å². The van der Waals surface area contributed by atoms with Crippen molar-refractivity contribution in [1.82, 2.24) is 0 Å². The molecule has 0 spiro atoms. The number of rotatable bonds is 2. The highest BCUT2D eigenvalue weighted by Crippen LogP contribution is 2.35. The zero-order chi connectivity index (χ0) is 11.6. The van der Waals surface area contributed by atoms with Crippen LogP contribution in [0.5, 0.6) is 0 Å². The Labute approximate surface area is 94.1 Å². The van der Waals surface area contributed by atoms with Crippen LogP contribution >= 0.6 is 0 Å². The van der Waals surface area contributed by atoms with Gasteiger partial charge in [0.15, 0.2) is 0 Å². The van der Waals surface area contributed by atoms with Crippen LogP contribution in [0.1, 0.15) is 40.5 Å². The molecule has 0 unspecified atom stereocenters. The topological polar surface area (TPSA) is 0 Å². The van der Waals surface area contributed by atoms with E-state index in [2.05, 4.69) is 53.0 Å². The van der Waals surface area contributed by atoms with Crippen molar-refractivity contribution in [3.05, 3.63) is 47.6 Å². The first-order chi connectivity index (χ1) is 6.83. The minimum Gasteiger partial charge on any atom is -0.0955 e. The Morgan fingerprint density at radius 1 is 1.20 bits per heavy atom. The molecule has 0 aliphatic heterocycles. The van der Waals surface area contributed by atoms with E-state index < -0.39 is 0 Å². The highest BCUT2D eigenvalue weighted by molar-refractivity contribution is 5.49. The van der Waals surface area contributed by atoms with Crippen molar-refractivity contribution >= 4 is 0 Å². The first-order valence-corrected chi connectivity index (χ1v) is 5.57. The van der Waals surface area contributed by atoms with Gasteiger partial charge in [0.2, 0.25) is 0 Å². The molecule has 0 aromatic rings.